The first kappa shape index (κ1) is 17.4. The number of aromatic nitrogens is 4. The zero-order valence-electron chi connectivity index (χ0n) is 15.4. The lowest BCUT2D eigenvalue weighted by molar-refractivity contribution is -0.880. The maximum atomic E-state index is 12.8. The minimum absolute atomic E-state index is 0.0591. The summed E-state index contributed by atoms with van der Waals surface area (Å²) in [5, 5.41) is 0. The Morgan fingerprint density at radius 2 is 1.76 bits per heavy atom. The molecule has 0 radical (unpaired) electrons. The highest BCUT2D eigenvalue weighted by Crippen LogP contribution is 2.25. The Morgan fingerprint density at radius 3 is 2.32 bits per heavy atom. The molecule has 2 aromatic heterocycles. The number of Topliss-reactive ketones (excluding diaryl/α,β-unsaturated/α-hetero) is 1. The molecule has 1 aliphatic heterocycles. The number of nitrogens with zero attached hydrogens (tertiary/aromatic N) is 5. The van der Waals surface area contributed by atoms with Crippen LogP contribution in [-0.4, -0.2) is 57.7 Å². The Bertz CT molecular complexity index is 945. The van der Waals surface area contributed by atoms with Crippen LogP contribution in [0.15, 0.2) is 9.59 Å². The van der Waals surface area contributed by atoms with Crippen LogP contribution in [0.1, 0.15) is 19.9 Å². The summed E-state index contributed by atoms with van der Waals surface area (Å²) >= 11 is 0. The smallest absolute Gasteiger partial charge is 0.332 e. The van der Waals surface area contributed by atoms with E-state index < -0.39 is 17.3 Å². The zero-order valence-corrected chi connectivity index (χ0v) is 15.4. The minimum Gasteiger partial charge on any atom is -0.334 e. The van der Waals surface area contributed by atoms with Gasteiger partial charge in [0, 0.05) is 14.1 Å². The number of nitrogens with one attached hydrogen (secondary N) is 1. The molecule has 0 saturated carbocycles. The zero-order chi connectivity index (χ0) is 18.5. The van der Waals surface area contributed by atoms with Gasteiger partial charge in [0.25, 0.3) is 5.56 Å². The van der Waals surface area contributed by atoms with E-state index in [1.165, 1.54) is 23.4 Å². The van der Waals surface area contributed by atoms with Gasteiger partial charge in [0.1, 0.15) is 0 Å². The monoisotopic (exact) mass is 349 g/mol. The second kappa shape index (κ2) is 6.14. The highest BCUT2D eigenvalue weighted by atomic mass is 16.2. The molecule has 0 bridgehead atoms. The van der Waals surface area contributed by atoms with E-state index in [0.717, 1.165) is 30.7 Å². The lowest BCUT2D eigenvalue weighted by Gasteiger charge is -2.31. The molecule has 3 rings (SSSR count). The molecule has 1 atom stereocenters. The summed E-state index contributed by atoms with van der Waals surface area (Å²) < 4.78 is 4.12. The third-order valence-corrected chi connectivity index (χ3v) is 5.15. The molecule has 136 valence electrons. The van der Waals surface area contributed by atoms with E-state index in [0.29, 0.717) is 17.1 Å². The highest BCUT2D eigenvalue weighted by molar-refractivity contribution is 5.84. The predicted molar refractivity (Wildman–Crippen MR) is 94.4 cm³/mol. The maximum absolute atomic E-state index is 12.8. The number of likely N-dealkylation sites (N-methyl/N-ethyl adjacent to an activating group) is 1. The van der Waals surface area contributed by atoms with Gasteiger partial charge in [-0.1, -0.05) is 0 Å². The van der Waals surface area contributed by atoms with E-state index in [1.807, 2.05) is 0 Å². The van der Waals surface area contributed by atoms with Crippen LogP contribution < -0.4 is 21.0 Å². The highest BCUT2D eigenvalue weighted by Gasteiger charge is 2.29. The molecule has 3 heterocycles. The van der Waals surface area contributed by atoms with Crippen molar-refractivity contribution in [1.82, 2.24) is 18.7 Å². The summed E-state index contributed by atoms with van der Waals surface area (Å²) in [6.45, 7) is 6.74. The van der Waals surface area contributed by atoms with Crippen LogP contribution in [0.5, 0.6) is 0 Å². The molecule has 1 N–H and O–H groups in total. The fourth-order valence-electron chi connectivity index (χ4n) is 3.26. The first-order valence-electron chi connectivity index (χ1n) is 8.48. The van der Waals surface area contributed by atoms with Gasteiger partial charge < -0.3 is 9.80 Å². The van der Waals surface area contributed by atoms with E-state index in [-0.39, 0.29) is 5.78 Å². The van der Waals surface area contributed by atoms with E-state index in [2.05, 4.69) is 16.9 Å². The molecule has 1 fully saturated rings. The Hall–Kier alpha value is -2.42. The number of ketones is 1. The Balaban J connectivity index is 2.33. The Labute approximate surface area is 145 Å². The third kappa shape index (κ3) is 2.68. The largest absolute Gasteiger partial charge is 0.334 e. The number of piperazine rings is 1. The number of anilines is 1. The average molecular weight is 349 g/mol. The molecule has 0 aromatic carbocycles. The number of carbonyl (C=O) groups excluding carboxylic acids is 1. The van der Waals surface area contributed by atoms with Crippen molar-refractivity contribution in [3.8, 4) is 0 Å². The number of fused-ring (bicyclic) bond motifs is 1. The maximum Gasteiger partial charge on any atom is 0.332 e. The van der Waals surface area contributed by atoms with Gasteiger partial charge in [-0.15, -0.1) is 0 Å². The summed E-state index contributed by atoms with van der Waals surface area (Å²) in [5.74, 6) is 0.528. The topological polar surface area (TPSA) is 86.6 Å². The predicted octanol–water partition coefficient (Wildman–Crippen LogP) is -2.08. The van der Waals surface area contributed by atoms with Crippen molar-refractivity contribution in [1.29, 1.82) is 0 Å². The molecule has 9 nitrogen and oxygen atoms in total. The normalized spacial score (nSPS) is 17.2. The van der Waals surface area contributed by atoms with Crippen molar-refractivity contribution < 1.29 is 9.69 Å². The first-order chi connectivity index (χ1) is 11.7. The van der Waals surface area contributed by atoms with Crippen LogP contribution in [0.2, 0.25) is 0 Å². The quantitative estimate of drug-likeness (QED) is 0.687. The fourth-order valence-corrected chi connectivity index (χ4v) is 3.26. The van der Waals surface area contributed by atoms with Crippen LogP contribution in [0, 0.1) is 0 Å². The van der Waals surface area contributed by atoms with Crippen molar-refractivity contribution in [2.45, 2.75) is 19.9 Å². The summed E-state index contributed by atoms with van der Waals surface area (Å²) in [6, 6.07) is -0.530. The minimum atomic E-state index is -0.530. The van der Waals surface area contributed by atoms with Crippen LogP contribution in [0.25, 0.3) is 11.2 Å². The fraction of sp³-hybridized carbons (Fsp3) is 0.625. The summed E-state index contributed by atoms with van der Waals surface area (Å²) in [6.07, 6.45) is 0. The number of hydrogen-bond acceptors (Lipinski definition) is 5. The number of imidazole rings is 1. The van der Waals surface area contributed by atoms with Gasteiger partial charge in [0.2, 0.25) is 5.95 Å². The van der Waals surface area contributed by atoms with Gasteiger partial charge >= 0.3 is 5.69 Å². The summed E-state index contributed by atoms with van der Waals surface area (Å²) in [5.41, 5.74) is -0.229. The van der Waals surface area contributed by atoms with Crippen LogP contribution in [-0.2, 0) is 18.9 Å². The van der Waals surface area contributed by atoms with E-state index in [9.17, 15) is 14.4 Å². The number of hydrogen-bond donors (Lipinski definition) is 1. The van der Waals surface area contributed by atoms with Gasteiger partial charge in [-0.25, -0.2) is 4.79 Å². The number of quaternary nitrogens is 1. The standard InChI is InChI=1S/C16H24N6O3/c1-10(11(2)23)22-12-13(19(4)16(25)20(5)14(12)24)17-15(22)21-8-6-18(3)7-9-21/h10H,6-9H2,1-5H3/p+1/t10-/m1/s1. The van der Waals surface area contributed by atoms with E-state index >= 15 is 0 Å². The van der Waals surface area contributed by atoms with Crippen LogP contribution in [0.3, 0.4) is 0 Å². The van der Waals surface area contributed by atoms with Crippen molar-refractivity contribution >= 4 is 22.9 Å². The lowest BCUT2D eigenvalue weighted by atomic mass is 10.2. The van der Waals surface area contributed by atoms with Crippen molar-refractivity contribution in [2.24, 2.45) is 14.1 Å². The molecule has 25 heavy (non-hydrogen) atoms. The number of rotatable bonds is 3. The molecule has 0 spiro atoms. The number of carbonyl (C=O) groups is 1. The molecule has 0 aliphatic carbocycles. The van der Waals surface area contributed by atoms with Gasteiger partial charge in [-0.2, -0.15) is 4.98 Å². The second-order valence-electron chi connectivity index (χ2n) is 6.89. The molecular formula is C16H25N6O3+. The molecule has 2 aromatic rings. The molecule has 0 amide bonds. The first-order valence-corrected chi connectivity index (χ1v) is 8.48. The van der Waals surface area contributed by atoms with Crippen molar-refractivity contribution in [3.05, 3.63) is 20.8 Å². The van der Waals surface area contributed by atoms with Crippen LogP contribution >= 0.6 is 0 Å². The third-order valence-electron chi connectivity index (χ3n) is 5.15. The lowest BCUT2D eigenvalue weighted by Crippen LogP contribution is -3.12. The van der Waals surface area contributed by atoms with Gasteiger partial charge in [-0.05, 0) is 13.8 Å². The van der Waals surface area contributed by atoms with Crippen LogP contribution in [0.4, 0.5) is 5.95 Å². The van der Waals surface area contributed by atoms with E-state index in [4.69, 9.17) is 0 Å². The summed E-state index contributed by atoms with van der Waals surface area (Å²) in [7, 11) is 5.18. The van der Waals surface area contributed by atoms with Crippen molar-refractivity contribution in [2.75, 3.05) is 38.1 Å². The molecule has 9 heteroatoms. The SMILES string of the molecule is CC(=O)[C@@H](C)n1c(N2CC[NH+](C)CC2)nc2c1c(=O)n(C)c(=O)n2C. The molecule has 1 aliphatic rings. The molecular weight excluding hydrogens is 324 g/mol. The van der Waals surface area contributed by atoms with Crippen molar-refractivity contribution in [3.63, 3.8) is 0 Å². The van der Waals surface area contributed by atoms with E-state index in [1.54, 1.807) is 18.5 Å². The number of aryl methyl sites for hydroxylation is 1. The Morgan fingerprint density at radius 1 is 1.16 bits per heavy atom. The van der Waals surface area contributed by atoms with Gasteiger partial charge in [-0.3, -0.25) is 23.3 Å². The van der Waals surface area contributed by atoms with Gasteiger partial charge in [0.05, 0.1) is 39.3 Å². The molecule has 1 saturated heterocycles. The average Bonchev–Trinajstić information content (AvgIpc) is 2.98. The Kier molecular flexibility index (Phi) is 4.28. The second-order valence-corrected chi connectivity index (χ2v) is 6.89. The van der Waals surface area contributed by atoms with Gasteiger partial charge in [0.15, 0.2) is 16.9 Å². The molecule has 0 unspecified atom stereocenters. The summed E-state index contributed by atoms with van der Waals surface area (Å²) in [4.78, 5) is 45.2.